The van der Waals surface area contributed by atoms with Crippen LogP contribution in [0.4, 0.5) is 5.69 Å². The lowest BCUT2D eigenvalue weighted by atomic mass is 9.80. The van der Waals surface area contributed by atoms with Crippen molar-refractivity contribution in [3.8, 4) is 0 Å². The Labute approximate surface area is 123 Å². The van der Waals surface area contributed by atoms with Gasteiger partial charge in [0.1, 0.15) is 0 Å². The highest BCUT2D eigenvalue weighted by atomic mass is 16.2. The summed E-state index contributed by atoms with van der Waals surface area (Å²) in [7, 11) is 0. The van der Waals surface area contributed by atoms with Gasteiger partial charge in [0.25, 0.3) is 0 Å². The first-order valence-corrected chi connectivity index (χ1v) is 7.46. The summed E-state index contributed by atoms with van der Waals surface area (Å²) >= 11 is 0. The molecule has 106 valence electrons. The molecule has 1 aromatic carbocycles. The molecule has 0 spiro atoms. The molecule has 2 amide bonds. The van der Waals surface area contributed by atoms with Gasteiger partial charge in [-0.05, 0) is 36.8 Å². The number of allylic oxidation sites excluding steroid dienone is 3. The van der Waals surface area contributed by atoms with Crippen molar-refractivity contribution in [3.63, 3.8) is 0 Å². The first-order chi connectivity index (χ1) is 10.2. The summed E-state index contributed by atoms with van der Waals surface area (Å²) in [6.45, 7) is 3.79. The van der Waals surface area contributed by atoms with Crippen LogP contribution in [0.15, 0.2) is 54.6 Å². The molecule has 0 radical (unpaired) electrons. The van der Waals surface area contributed by atoms with Gasteiger partial charge in [-0.3, -0.25) is 14.5 Å². The lowest BCUT2D eigenvalue weighted by molar-refractivity contribution is -0.123. The first kappa shape index (κ1) is 12.6. The molecule has 4 atom stereocenters. The van der Waals surface area contributed by atoms with Crippen molar-refractivity contribution in [1.29, 1.82) is 0 Å². The molecule has 4 unspecified atom stereocenters. The van der Waals surface area contributed by atoms with E-state index in [4.69, 9.17) is 0 Å². The number of benzene rings is 1. The number of hydrogen-bond donors (Lipinski definition) is 0. The van der Waals surface area contributed by atoms with Gasteiger partial charge in [-0.1, -0.05) is 35.9 Å². The molecule has 1 aromatic rings. The zero-order chi connectivity index (χ0) is 14.6. The fourth-order valence-electron chi connectivity index (χ4n) is 4.34. The van der Waals surface area contributed by atoms with Gasteiger partial charge in [-0.25, -0.2) is 0 Å². The van der Waals surface area contributed by atoms with E-state index in [9.17, 15) is 9.59 Å². The maximum atomic E-state index is 12.8. The van der Waals surface area contributed by atoms with E-state index in [0.717, 1.165) is 12.8 Å². The molecule has 21 heavy (non-hydrogen) atoms. The molecular formula is C18H17NO2. The standard InChI is InChI=1S/C18H17NO2/c1-2-6-11-9-12-10-14(11)16-15(12)17(20)19(18(16)21)13-7-4-3-5-8-13/h2-5,7-9,12,14-16H,1,6,10H2. The van der Waals surface area contributed by atoms with E-state index in [-0.39, 0.29) is 35.5 Å². The van der Waals surface area contributed by atoms with Crippen LogP contribution >= 0.6 is 0 Å². The van der Waals surface area contributed by atoms with Gasteiger partial charge in [0, 0.05) is 0 Å². The summed E-state index contributed by atoms with van der Waals surface area (Å²) in [6.07, 6.45) is 5.89. The molecule has 1 aliphatic heterocycles. The van der Waals surface area contributed by atoms with E-state index in [1.165, 1.54) is 10.5 Å². The zero-order valence-corrected chi connectivity index (χ0v) is 11.7. The number of fused-ring (bicyclic) bond motifs is 5. The van der Waals surface area contributed by atoms with E-state index in [0.29, 0.717) is 5.69 Å². The van der Waals surface area contributed by atoms with Crippen molar-refractivity contribution in [3.05, 3.63) is 54.6 Å². The Balaban J connectivity index is 1.70. The third-order valence-electron chi connectivity index (χ3n) is 5.12. The molecule has 0 aromatic heterocycles. The van der Waals surface area contributed by atoms with Gasteiger partial charge in [-0.15, -0.1) is 6.58 Å². The third-order valence-corrected chi connectivity index (χ3v) is 5.12. The second kappa shape index (κ2) is 4.42. The Hall–Kier alpha value is -2.16. The average Bonchev–Trinajstić information content (AvgIpc) is 3.12. The fraction of sp³-hybridized carbons (Fsp3) is 0.333. The second-order valence-corrected chi connectivity index (χ2v) is 6.14. The summed E-state index contributed by atoms with van der Waals surface area (Å²) in [5.74, 6) is 0.151. The van der Waals surface area contributed by atoms with E-state index < -0.39 is 0 Å². The lowest BCUT2D eigenvalue weighted by Gasteiger charge is -2.20. The van der Waals surface area contributed by atoms with Gasteiger partial charge in [0.05, 0.1) is 17.5 Å². The molecule has 2 fully saturated rings. The van der Waals surface area contributed by atoms with Gasteiger partial charge in [-0.2, -0.15) is 0 Å². The van der Waals surface area contributed by atoms with Crippen LogP contribution in [0.5, 0.6) is 0 Å². The summed E-state index contributed by atoms with van der Waals surface area (Å²) in [5.41, 5.74) is 2.00. The SMILES string of the molecule is C=CCC1=CC2CC1C1C(=O)N(c3ccccc3)C(=O)C21. The summed E-state index contributed by atoms with van der Waals surface area (Å²) in [5, 5.41) is 0. The van der Waals surface area contributed by atoms with Crippen molar-refractivity contribution in [2.45, 2.75) is 12.8 Å². The van der Waals surface area contributed by atoms with E-state index in [1.807, 2.05) is 36.4 Å². The Morgan fingerprint density at radius 2 is 1.86 bits per heavy atom. The summed E-state index contributed by atoms with van der Waals surface area (Å²) in [4.78, 5) is 26.9. The molecule has 1 heterocycles. The van der Waals surface area contributed by atoms with E-state index >= 15 is 0 Å². The van der Waals surface area contributed by atoms with Gasteiger partial charge in [0.2, 0.25) is 11.8 Å². The molecular weight excluding hydrogens is 262 g/mol. The van der Waals surface area contributed by atoms with Crippen LogP contribution in [0.1, 0.15) is 12.8 Å². The number of carbonyl (C=O) groups is 2. The quantitative estimate of drug-likeness (QED) is 0.630. The molecule has 3 nitrogen and oxygen atoms in total. The van der Waals surface area contributed by atoms with E-state index in [1.54, 1.807) is 0 Å². The predicted molar refractivity (Wildman–Crippen MR) is 80.4 cm³/mol. The number of imide groups is 1. The molecule has 2 aliphatic carbocycles. The average molecular weight is 279 g/mol. The Morgan fingerprint density at radius 1 is 1.14 bits per heavy atom. The van der Waals surface area contributed by atoms with Gasteiger partial charge >= 0.3 is 0 Å². The van der Waals surface area contributed by atoms with Crippen LogP contribution in [0.25, 0.3) is 0 Å². The molecule has 0 N–H and O–H groups in total. The van der Waals surface area contributed by atoms with Crippen LogP contribution in [-0.4, -0.2) is 11.8 Å². The zero-order valence-electron chi connectivity index (χ0n) is 11.7. The van der Waals surface area contributed by atoms with Crippen LogP contribution < -0.4 is 4.90 Å². The molecule has 2 bridgehead atoms. The van der Waals surface area contributed by atoms with Crippen LogP contribution in [0.2, 0.25) is 0 Å². The molecule has 1 saturated carbocycles. The number of rotatable bonds is 3. The Bertz CT molecular complexity index is 661. The van der Waals surface area contributed by atoms with Gasteiger partial charge < -0.3 is 0 Å². The number of carbonyl (C=O) groups excluding carboxylic acids is 2. The minimum absolute atomic E-state index is 0.0154. The first-order valence-electron chi connectivity index (χ1n) is 7.46. The number of anilines is 1. The minimum atomic E-state index is -0.150. The van der Waals surface area contributed by atoms with Crippen molar-refractivity contribution >= 4 is 17.5 Å². The lowest BCUT2D eigenvalue weighted by Crippen LogP contribution is -2.32. The van der Waals surface area contributed by atoms with Crippen LogP contribution in [0.3, 0.4) is 0 Å². The van der Waals surface area contributed by atoms with Crippen molar-refractivity contribution in [1.82, 2.24) is 0 Å². The molecule has 4 rings (SSSR count). The summed E-state index contributed by atoms with van der Waals surface area (Å²) in [6, 6.07) is 9.27. The number of para-hydroxylation sites is 1. The Morgan fingerprint density at radius 3 is 2.57 bits per heavy atom. The monoisotopic (exact) mass is 279 g/mol. The maximum Gasteiger partial charge on any atom is 0.238 e. The molecule has 1 saturated heterocycles. The van der Waals surface area contributed by atoms with E-state index in [2.05, 4.69) is 12.7 Å². The van der Waals surface area contributed by atoms with Crippen LogP contribution in [-0.2, 0) is 9.59 Å². The fourth-order valence-corrected chi connectivity index (χ4v) is 4.34. The number of hydrogen-bond acceptors (Lipinski definition) is 2. The summed E-state index contributed by atoms with van der Waals surface area (Å²) < 4.78 is 0. The number of amides is 2. The number of nitrogens with zero attached hydrogens (tertiary/aromatic N) is 1. The van der Waals surface area contributed by atoms with Crippen LogP contribution in [0, 0.1) is 23.7 Å². The minimum Gasteiger partial charge on any atom is -0.274 e. The second-order valence-electron chi connectivity index (χ2n) is 6.14. The highest BCUT2D eigenvalue weighted by Crippen LogP contribution is 2.56. The highest BCUT2D eigenvalue weighted by Gasteiger charge is 2.61. The Kier molecular flexibility index (Phi) is 2.64. The largest absolute Gasteiger partial charge is 0.274 e. The normalized spacial score (nSPS) is 33.3. The maximum absolute atomic E-state index is 12.8. The predicted octanol–water partition coefficient (Wildman–Crippen LogP) is 2.94. The third kappa shape index (κ3) is 1.60. The topological polar surface area (TPSA) is 37.4 Å². The smallest absolute Gasteiger partial charge is 0.238 e. The molecule has 3 aliphatic rings. The van der Waals surface area contributed by atoms with Gasteiger partial charge in [0.15, 0.2) is 0 Å². The highest BCUT2D eigenvalue weighted by molar-refractivity contribution is 6.22. The van der Waals surface area contributed by atoms with Crippen molar-refractivity contribution in [2.75, 3.05) is 4.90 Å². The van der Waals surface area contributed by atoms with Crippen molar-refractivity contribution in [2.24, 2.45) is 23.7 Å². The van der Waals surface area contributed by atoms with Crippen molar-refractivity contribution < 1.29 is 9.59 Å². The molecule has 3 heteroatoms.